The maximum Gasteiger partial charge on any atom is 0.223 e. The van der Waals surface area contributed by atoms with Gasteiger partial charge >= 0.3 is 0 Å². The van der Waals surface area contributed by atoms with Gasteiger partial charge in [-0.3, -0.25) is 0 Å². The topological polar surface area (TPSA) is 89.3 Å². The molecule has 0 unspecified atom stereocenters. The molecule has 0 radical (unpaired) electrons. The number of nitrogens with one attached hydrogen (secondary N) is 1. The summed E-state index contributed by atoms with van der Waals surface area (Å²) >= 11 is 0. The summed E-state index contributed by atoms with van der Waals surface area (Å²) in [7, 11) is 0. The molecule has 0 spiro atoms. The van der Waals surface area contributed by atoms with Gasteiger partial charge in [-0.15, -0.1) is 24.0 Å². The van der Waals surface area contributed by atoms with E-state index in [1.807, 2.05) is 6.07 Å². The van der Waals surface area contributed by atoms with E-state index in [1.54, 1.807) is 6.92 Å². The van der Waals surface area contributed by atoms with Crippen LogP contribution in [-0.4, -0.2) is 16.1 Å². The molecule has 1 aliphatic rings. The second kappa shape index (κ2) is 7.57. The first kappa shape index (κ1) is 16.7. The van der Waals surface area contributed by atoms with E-state index in [0.717, 1.165) is 18.5 Å². The lowest BCUT2D eigenvalue weighted by molar-refractivity contribution is 0.387. The summed E-state index contributed by atoms with van der Waals surface area (Å²) in [6, 6.07) is 6.29. The van der Waals surface area contributed by atoms with Gasteiger partial charge in [0.2, 0.25) is 5.89 Å². The summed E-state index contributed by atoms with van der Waals surface area (Å²) in [5.74, 6) is 1.44. The number of aryl methyl sites for hydroxylation is 2. The van der Waals surface area contributed by atoms with E-state index < -0.39 is 0 Å². The highest BCUT2D eigenvalue weighted by molar-refractivity contribution is 14.0. The van der Waals surface area contributed by atoms with Gasteiger partial charge < -0.3 is 15.6 Å². The van der Waals surface area contributed by atoms with Crippen LogP contribution in [0.15, 0.2) is 27.7 Å². The molecule has 0 amide bonds. The molecule has 0 atom stereocenters. The number of aliphatic imine (C=N–C) groups is 1. The highest BCUT2D eigenvalue weighted by atomic mass is 127. The second-order valence-corrected chi connectivity index (χ2v) is 5.21. The third kappa shape index (κ3) is 3.96. The Morgan fingerprint density at radius 2 is 2.18 bits per heavy atom. The van der Waals surface area contributed by atoms with E-state index in [2.05, 4.69) is 32.6 Å². The van der Waals surface area contributed by atoms with E-state index in [1.165, 1.54) is 24.0 Å². The predicted molar refractivity (Wildman–Crippen MR) is 96.5 cm³/mol. The molecule has 0 fully saturated rings. The number of aromatic nitrogens is 2. The third-order valence-corrected chi connectivity index (χ3v) is 3.62. The number of anilines is 1. The van der Waals surface area contributed by atoms with Crippen molar-refractivity contribution in [2.24, 2.45) is 10.7 Å². The van der Waals surface area contributed by atoms with Crippen LogP contribution in [0, 0.1) is 6.92 Å². The standard InChI is InChI=1S/C15H19N5O.HI/c1-10-18-14(20-21-10)9-17-15(16)19-13-8-4-6-11-5-2-3-7-12(11)13;/h4,6,8H,2-3,5,7,9H2,1H3,(H3,16,17,19);1H. The minimum atomic E-state index is 0. The lowest BCUT2D eigenvalue weighted by Gasteiger charge is -2.19. The summed E-state index contributed by atoms with van der Waals surface area (Å²) in [6.45, 7) is 2.06. The third-order valence-electron chi connectivity index (χ3n) is 3.62. The normalized spacial score (nSPS) is 14.1. The molecular formula is C15H20IN5O. The van der Waals surface area contributed by atoms with Crippen molar-refractivity contribution in [3.63, 3.8) is 0 Å². The van der Waals surface area contributed by atoms with Crippen LogP contribution in [0.2, 0.25) is 0 Å². The van der Waals surface area contributed by atoms with Gasteiger partial charge in [-0.2, -0.15) is 4.98 Å². The fourth-order valence-electron chi connectivity index (χ4n) is 2.64. The predicted octanol–water partition coefficient (Wildman–Crippen LogP) is 2.80. The number of nitrogens with two attached hydrogens (primary N) is 1. The Morgan fingerprint density at radius 3 is 2.95 bits per heavy atom. The van der Waals surface area contributed by atoms with E-state index in [9.17, 15) is 0 Å². The molecule has 118 valence electrons. The van der Waals surface area contributed by atoms with Gasteiger partial charge in [-0.1, -0.05) is 17.3 Å². The molecule has 0 saturated carbocycles. The Hall–Kier alpha value is -1.64. The van der Waals surface area contributed by atoms with Crippen molar-refractivity contribution in [1.29, 1.82) is 0 Å². The average molecular weight is 413 g/mol. The number of nitrogens with zero attached hydrogens (tertiary/aromatic N) is 3. The largest absolute Gasteiger partial charge is 0.370 e. The van der Waals surface area contributed by atoms with Crippen molar-refractivity contribution >= 4 is 35.6 Å². The van der Waals surface area contributed by atoms with Crippen LogP contribution < -0.4 is 11.1 Å². The minimum absolute atomic E-state index is 0. The maximum atomic E-state index is 5.95. The molecule has 0 bridgehead atoms. The summed E-state index contributed by atoms with van der Waals surface area (Å²) in [5.41, 5.74) is 9.77. The summed E-state index contributed by atoms with van der Waals surface area (Å²) in [5, 5.41) is 6.98. The molecular weight excluding hydrogens is 393 g/mol. The zero-order valence-corrected chi connectivity index (χ0v) is 14.8. The second-order valence-electron chi connectivity index (χ2n) is 5.21. The van der Waals surface area contributed by atoms with Crippen LogP contribution in [0.25, 0.3) is 0 Å². The molecule has 1 aromatic carbocycles. The Labute approximate surface area is 146 Å². The van der Waals surface area contributed by atoms with E-state index in [0.29, 0.717) is 24.2 Å². The summed E-state index contributed by atoms with van der Waals surface area (Å²) in [6.07, 6.45) is 4.72. The molecule has 1 heterocycles. The van der Waals surface area contributed by atoms with Gasteiger partial charge in [-0.05, 0) is 42.9 Å². The highest BCUT2D eigenvalue weighted by Crippen LogP contribution is 2.27. The van der Waals surface area contributed by atoms with Crippen LogP contribution in [0.5, 0.6) is 0 Å². The number of fused-ring (bicyclic) bond motifs is 1. The van der Waals surface area contributed by atoms with Crippen LogP contribution in [-0.2, 0) is 19.4 Å². The van der Waals surface area contributed by atoms with E-state index in [-0.39, 0.29) is 24.0 Å². The smallest absolute Gasteiger partial charge is 0.223 e. The molecule has 3 rings (SSSR count). The monoisotopic (exact) mass is 413 g/mol. The fourth-order valence-corrected chi connectivity index (χ4v) is 2.64. The Morgan fingerprint density at radius 1 is 1.36 bits per heavy atom. The molecule has 0 aliphatic heterocycles. The van der Waals surface area contributed by atoms with Crippen molar-refractivity contribution < 1.29 is 4.52 Å². The van der Waals surface area contributed by atoms with Crippen LogP contribution in [0.4, 0.5) is 5.69 Å². The number of halogens is 1. The van der Waals surface area contributed by atoms with E-state index >= 15 is 0 Å². The number of guanidine groups is 1. The Kier molecular flexibility index (Phi) is 5.76. The van der Waals surface area contributed by atoms with Gasteiger partial charge in [0.25, 0.3) is 0 Å². The van der Waals surface area contributed by atoms with Gasteiger partial charge in [0.1, 0.15) is 6.54 Å². The molecule has 3 N–H and O–H groups in total. The lowest BCUT2D eigenvalue weighted by atomic mass is 9.90. The zero-order chi connectivity index (χ0) is 14.7. The van der Waals surface area contributed by atoms with Crippen molar-refractivity contribution in [2.75, 3.05) is 5.32 Å². The van der Waals surface area contributed by atoms with Crippen LogP contribution in [0.3, 0.4) is 0 Å². The number of hydrogen-bond donors (Lipinski definition) is 2. The van der Waals surface area contributed by atoms with Crippen LogP contribution in [0.1, 0.15) is 35.7 Å². The zero-order valence-electron chi connectivity index (χ0n) is 12.5. The number of hydrogen-bond acceptors (Lipinski definition) is 4. The average Bonchev–Trinajstić information content (AvgIpc) is 2.91. The number of benzene rings is 1. The lowest BCUT2D eigenvalue weighted by Crippen LogP contribution is -2.24. The van der Waals surface area contributed by atoms with Crippen molar-refractivity contribution in [3.05, 3.63) is 41.0 Å². The molecule has 22 heavy (non-hydrogen) atoms. The quantitative estimate of drug-likeness (QED) is 0.459. The summed E-state index contributed by atoms with van der Waals surface area (Å²) < 4.78 is 4.90. The minimum Gasteiger partial charge on any atom is -0.370 e. The Bertz CT molecular complexity index is 668. The summed E-state index contributed by atoms with van der Waals surface area (Å²) in [4.78, 5) is 8.34. The van der Waals surface area contributed by atoms with Crippen molar-refractivity contribution in [1.82, 2.24) is 10.1 Å². The molecule has 1 aromatic heterocycles. The van der Waals surface area contributed by atoms with Crippen LogP contribution >= 0.6 is 24.0 Å². The fraction of sp³-hybridized carbons (Fsp3) is 0.400. The first-order valence-electron chi connectivity index (χ1n) is 7.19. The van der Waals surface area contributed by atoms with E-state index in [4.69, 9.17) is 10.3 Å². The number of rotatable bonds is 3. The molecule has 7 heteroatoms. The Balaban J connectivity index is 0.00000176. The SMILES string of the molecule is Cc1nc(CN=C(N)Nc2cccc3c2CCCC3)no1.I. The molecule has 6 nitrogen and oxygen atoms in total. The highest BCUT2D eigenvalue weighted by Gasteiger charge is 2.13. The van der Waals surface area contributed by atoms with Crippen molar-refractivity contribution in [3.8, 4) is 0 Å². The molecule has 0 saturated heterocycles. The molecule has 2 aromatic rings. The van der Waals surface area contributed by atoms with Gasteiger partial charge in [-0.25, -0.2) is 4.99 Å². The first-order valence-corrected chi connectivity index (χ1v) is 7.19. The van der Waals surface area contributed by atoms with Gasteiger partial charge in [0.15, 0.2) is 11.8 Å². The van der Waals surface area contributed by atoms with Crippen molar-refractivity contribution in [2.45, 2.75) is 39.2 Å². The maximum absolute atomic E-state index is 5.95. The first-order chi connectivity index (χ1) is 10.2. The van der Waals surface area contributed by atoms with Gasteiger partial charge in [0.05, 0.1) is 0 Å². The molecule has 1 aliphatic carbocycles. The van der Waals surface area contributed by atoms with Gasteiger partial charge in [0, 0.05) is 12.6 Å².